The molecule has 0 aliphatic carbocycles. The van der Waals surface area contributed by atoms with Crippen molar-refractivity contribution in [1.82, 2.24) is 4.57 Å². The van der Waals surface area contributed by atoms with E-state index in [0.717, 1.165) is 0 Å². The van der Waals surface area contributed by atoms with Crippen LogP contribution in [0.2, 0.25) is 0 Å². The summed E-state index contributed by atoms with van der Waals surface area (Å²) in [6.07, 6.45) is 3.49. The number of benzene rings is 1. The zero-order chi connectivity index (χ0) is 16.4. The largest absolute Gasteiger partial charge is 0.449 e. The van der Waals surface area contributed by atoms with Gasteiger partial charge >= 0.3 is 5.91 Å². The molecular weight excluding hydrogens is 299 g/mol. The van der Waals surface area contributed by atoms with E-state index in [0.29, 0.717) is 17.0 Å². The molecule has 0 atom stereocenters. The van der Waals surface area contributed by atoms with Gasteiger partial charge in [-0.05, 0) is 24.3 Å². The van der Waals surface area contributed by atoms with E-state index in [1.165, 1.54) is 12.1 Å². The van der Waals surface area contributed by atoms with Crippen LogP contribution in [-0.4, -0.2) is 16.4 Å². The quantitative estimate of drug-likeness (QED) is 0.572. The van der Waals surface area contributed by atoms with Crippen LogP contribution in [0, 0.1) is 5.82 Å². The predicted octanol–water partition coefficient (Wildman–Crippen LogP) is 2.29. The molecule has 23 heavy (non-hydrogen) atoms. The molecule has 0 aliphatic rings. The molecular formula is C16H13FN4O2. The summed E-state index contributed by atoms with van der Waals surface area (Å²) >= 11 is 0. The van der Waals surface area contributed by atoms with E-state index in [-0.39, 0.29) is 11.7 Å². The van der Waals surface area contributed by atoms with Crippen LogP contribution in [0.4, 0.5) is 4.39 Å². The summed E-state index contributed by atoms with van der Waals surface area (Å²) in [4.78, 5) is 15.6. The second kappa shape index (κ2) is 5.80. The van der Waals surface area contributed by atoms with Crippen LogP contribution < -0.4 is 11.5 Å². The lowest BCUT2D eigenvalue weighted by Crippen LogP contribution is -2.24. The number of hydrogen-bond acceptors (Lipinski definition) is 2. The Morgan fingerprint density at radius 2 is 1.87 bits per heavy atom. The van der Waals surface area contributed by atoms with Crippen LogP contribution in [-0.2, 0) is 0 Å². The zero-order valence-electron chi connectivity index (χ0n) is 11.9. The maximum absolute atomic E-state index is 13.4. The maximum Gasteiger partial charge on any atom is 0.318 e. The molecule has 0 radical (unpaired) electrons. The molecule has 0 spiro atoms. The lowest BCUT2D eigenvalue weighted by atomic mass is 10.1. The third-order valence-electron chi connectivity index (χ3n) is 3.13. The molecule has 0 saturated carbocycles. The van der Waals surface area contributed by atoms with Gasteiger partial charge in [-0.2, -0.15) is 4.99 Å². The van der Waals surface area contributed by atoms with E-state index < -0.39 is 11.7 Å². The second-order valence-corrected chi connectivity index (χ2v) is 4.77. The highest BCUT2D eigenvalue weighted by Crippen LogP contribution is 2.29. The van der Waals surface area contributed by atoms with Crippen molar-refractivity contribution in [3.63, 3.8) is 0 Å². The fraction of sp³-hybridized carbons (Fsp3) is 0. The third kappa shape index (κ3) is 2.98. The molecule has 2 heterocycles. The minimum absolute atomic E-state index is 0.0335. The Bertz CT molecular complexity index is 877. The van der Waals surface area contributed by atoms with Crippen molar-refractivity contribution < 1.29 is 13.6 Å². The molecule has 3 rings (SSSR count). The summed E-state index contributed by atoms with van der Waals surface area (Å²) in [7, 11) is 0. The Kier molecular flexibility index (Phi) is 3.68. The number of furan rings is 1. The minimum atomic E-state index is -0.712. The van der Waals surface area contributed by atoms with E-state index in [1.807, 2.05) is 0 Å². The lowest BCUT2D eigenvalue weighted by Gasteiger charge is -2.00. The van der Waals surface area contributed by atoms with Gasteiger partial charge < -0.3 is 20.5 Å². The fourth-order valence-corrected chi connectivity index (χ4v) is 2.17. The number of carbonyl (C=O) groups is 1. The van der Waals surface area contributed by atoms with Crippen LogP contribution in [0.15, 0.2) is 64.3 Å². The molecule has 0 saturated heterocycles. The highest BCUT2D eigenvalue weighted by atomic mass is 19.1. The number of hydrogen-bond donors (Lipinski definition) is 2. The van der Waals surface area contributed by atoms with Crippen molar-refractivity contribution in [1.29, 1.82) is 0 Å². The van der Waals surface area contributed by atoms with Gasteiger partial charge in [0.15, 0.2) is 5.96 Å². The number of guanidine groups is 1. The van der Waals surface area contributed by atoms with Crippen molar-refractivity contribution in [2.75, 3.05) is 0 Å². The molecule has 116 valence electrons. The molecule has 6 nitrogen and oxygen atoms in total. The number of nitrogens with two attached hydrogens (primary N) is 2. The number of aromatic nitrogens is 1. The molecule has 7 heteroatoms. The first kappa shape index (κ1) is 14.6. The van der Waals surface area contributed by atoms with Crippen LogP contribution in [0.5, 0.6) is 0 Å². The Morgan fingerprint density at radius 3 is 2.52 bits per heavy atom. The van der Waals surface area contributed by atoms with Gasteiger partial charge in [0.25, 0.3) is 0 Å². The first-order chi connectivity index (χ1) is 11.0. The average Bonchev–Trinajstić information content (AvgIpc) is 3.16. The van der Waals surface area contributed by atoms with Gasteiger partial charge in [0.1, 0.15) is 11.6 Å². The van der Waals surface area contributed by atoms with Crippen molar-refractivity contribution in [2.24, 2.45) is 16.5 Å². The maximum atomic E-state index is 13.4. The second-order valence-electron chi connectivity index (χ2n) is 4.77. The van der Waals surface area contributed by atoms with Crippen LogP contribution in [0.3, 0.4) is 0 Å². The number of halogens is 1. The van der Waals surface area contributed by atoms with Gasteiger partial charge in [0.05, 0.1) is 5.69 Å². The summed E-state index contributed by atoms with van der Waals surface area (Å²) in [6, 6.07) is 11.1. The van der Waals surface area contributed by atoms with Crippen LogP contribution in [0.25, 0.3) is 17.0 Å². The number of nitrogens with zero attached hydrogens (tertiary/aromatic N) is 2. The van der Waals surface area contributed by atoms with Gasteiger partial charge in [-0.3, -0.25) is 4.79 Å². The van der Waals surface area contributed by atoms with Gasteiger partial charge in [-0.25, -0.2) is 4.39 Å². The molecule has 0 bridgehead atoms. The Hall–Kier alpha value is -3.35. The van der Waals surface area contributed by atoms with Gasteiger partial charge in [0.2, 0.25) is 5.76 Å². The molecule has 0 fully saturated rings. The van der Waals surface area contributed by atoms with Crippen LogP contribution in [0.1, 0.15) is 10.6 Å². The molecule has 1 amide bonds. The highest BCUT2D eigenvalue weighted by molar-refractivity contribution is 6.02. The first-order valence-electron chi connectivity index (χ1n) is 6.71. The normalized spacial score (nSPS) is 10.5. The molecule has 1 aromatic carbocycles. The van der Waals surface area contributed by atoms with Crippen molar-refractivity contribution in [3.05, 3.63) is 66.4 Å². The molecule has 3 aromatic rings. The molecule has 0 aliphatic heterocycles. The topological polar surface area (TPSA) is 99.5 Å². The molecule has 0 unspecified atom stereocenters. The third-order valence-corrected chi connectivity index (χ3v) is 3.13. The molecule has 2 aromatic heterocycles. The first-order valence-corrected chi connectivity index (χ1v) is 6.71. The van der Waals surface area contributed by atoms with Crippen molar-refractivity contribution >= 4 is 11.9 Å². The van der Waals surface area contributed by atoms with Gasteiger partial charge in [-0.15, -0.1) is 0 Å². The zero-order valence-corrected chi connectivity index (χ0v) is 11.9. The summed E-state index contributed by atoms with van der Waals surface area (Å²) in [5, 5.41) is 0. The van der Waals surface area contributed by atoms with E-state index in [4.69, 9.17) is 15.9 Å². The van der Waals surface area contributed by atoms with Crippen LogP contribution >= 0.6 is 0 Å². The highest BCUT2D eigenvalue weighted by Gasteiger charge is 2.20. The monoisotopic (exact) mass is 312 g/mol. The lowest BCUT2D eigenvalue weighted by molar-refractivity contribution is 0.0977. The SMILES string of the molecule is NC(N)=NC(=O)c1oc(-c2cccc(F)c2)cc1-n1cccc1. The van der Waals surface area contributed by atoms with Crippen molar-refractivity contribution in [2.45, 2.75) is 0 Å². The number of carbonyl (C=O) groups excluding carboxylic acids is 1. The predicted molar refractivity (Wildman–Crippen MR) is 83.6 cm³/mol. The number of aliphatic imine (C=N–C) groups is 1. The number of amides is 1. The van der Waals surface area contributed by atoms with Gasteiger partial charge in [0, 0.05) is 24.0 Å². The minimum Gasteiger partial charge on any atom is -0.449 e. The van der Waals surface area contributed by atoms with E-state index in [1.54, 1.807) is 47.3 Å². The fourth-order valence-electron chi connectivity index (χ4n) is 2.17. The Balaban J connectivity index is 2.14. The average molecular weight is 312 g/mol. The molecule has 4 N–H and O–H groups in total. The summed E-state index contributed by atoms with van der Waals surface area (Å²) in [5.74, 6) is -1.18. The Labute approximate surface area is 130 Å². The summed E-state index contributed by atoms with van der Waals surface area (Å²) in [5.41, 5.74) is 11.5. The van der Waals surface area contributed by atoms with Gasteiger partial charge in [-0.1, -0.05) is 12.1 Å². The summed E-state index contributed by atoms with van der Waals surface area (Å²) in [6.45, 7) is 0. The van der Waals surface area contributed by atoms with Crippen molar-refractivity contribution in [3.8, 4) is 17.0 Å². The van der Waals surface area contributed by atoms with E-state index in [2.05, 4.69) is 4.99 Å². The standard InChI is InChI=1S/C16H13FN4O2/c17-11-5-3-4-10(8-11)13-9-12(21-6-1-2-7-21)14(23-13)15(22)20-16(18)19/h1-9H,(H4,18,19,20,22). The van der Waals surface area contributed by atoms with E-state index >= 15 is 0 Å². The van der Waals surface area contributed by atoms with E-state index in [9.17, 15) is 9.18 Å². The smallest absolute Gasteiger partial charge is 0.318 e. The number of rotatable bonds is 3. The Morgan fingerprint density at radius 1 is 1.13 bits per heavy atom. The summed E-state index contributed by atoms with van der Waals surface area (Å²) < 4.78 is 20.7.